The Labute approximate surface area is 169 Å². The number of carbonyl (C=O) groups excluding carboxylic acids is 1. The number of likely N-dealkylation sites (tertiary alicyclic amines) is 1. The third-order valence-electron chi connectivity index (χ3n) is 5.48. The molecule has 0 radical (unpaired) electrons. The monoisotopic (exact) mass is 389 g/mol. The summed E-state index contributed by atoms with van der Waals surface area (Å²) in [6.07, 6.45) is 1.82. The summed E-state index contributed by atoms with van der Waals surface area (Å²) in [6, 6.07) is 18.7. The maximum Gasteiger partial charge on any atom is 0.335 e. The predicted molar refractivity (Wildman–Crippen MR) is 110 cm³/mol. The van der Waals surface area contributed by atoms with E-state index in [4.69, 9.17) is 0 Å². The maximum atomic E-state index is 13.2. The van der Waals surface area contributed by atoms with E-state index in [9.17, 15) is 14.7 Å². The van der Waals surface area contributed by atoms with Crippen molar-refractivity contribution in [3.63, 3.8) is 0 Å². The molecule has 6 heteroatoms. The van der Waals surface area contributed by atoms with Gasteiger partial charge in [0.1, 0.15) is 5.69 Å². The van der Waals surface area contributed by atoms with Gasteiger partial charge in [-0.25, -0.2) is 4.79 Å². The van der Waals surface area contributed by atoms with Gasteiger partial charge >= 0.3 is 5.97 Å². The largest absolute Gasteiger partial charge is 0.478 e. The second kappa shape index (κ2) is 7.91. The van der Waals surface area contributed by atoms with Gasteiger partial charge < -0.3 is 10.0 Å². The van der Waals surface area contributed by atoms with Crippen molar-refractivity contribution >= 4 is 11.9 Å². The lowest BCUT2D eigenvalue weighted by Gasteiger charge is -2.33. The molecule has 0 bridgehead atoms. The molecule has 1 fully saturated rings. The first-order valence-corrected chi connectivity index (χ1v) is 9.75. The summed E-state index contributed by atoms with van der Waals surface area (Å²) in [7, 11) is 1.79. The number of aromatic carboxylic acids is 1. The molecule has 3 aromatic rings. The fourth-order valence-corrected chi connectivity index (χ4v) is 3.94. The van der Waals surface area contributed by atoms with E-state index in [1.807, 2.05) is 47.4 Å². The normalized spacial score (nSPS) is 16.6. The van der Waals surface area contributed by atoms with Crippen molar-refractivity contribution in [2.45, 2.75) is 18.8 Å². The number of carboxylic acids is 1. The van der Waals surface area contributed by atoms with E-state index in [1.54, 1.807) is 29.9 Å². The lowest BCUT2D eigenvalue weighted by Crippen LogP contribution is -2.39. The fraction of sp³-hybridized carbons (Fsp3) is 0.261. The summed E-state index contributed by atoms with van der Waals surface area (Å²) < 4.78 is 1.64. The summed E-state index contributed by atoms with van der Waals surface area (Å²) in [5, 5.41) is 13.8. The number of carboxylic acid groups (broad SMARTS) is 1. The highest BCUT2D eigenvalue weighted by Crippen LogP contribution is 2.29. The van der Waals surface area contributed by atoms with Crippen LogP contribution in [0.25, 0.3) is 11.3 Å². The van der Waals surface area contributed by atoms with E-state index in [-0.39, 0.29) is 17.4 Å². The molecule has 6 nitrogen and oxygen atoms in total. The molecule has 1 aromatic heterocycles. The molecule has 1 saturated heterocycles. The van der Waals surface area contributed by atoms with Gasteiger partial charge in [0.05, 0.1) is 11.3 Å². The number of aromatic nitrogens is 2. The molecule has 1 N–H and O–H groups in total. The Bertz CT molecular complexity index is 1040. The Morgan fingerprint density at radius 2 is 1.86 bits per heavy atom. The minimum atomic E-state index is -0.932. The third-order valence-corrected chi connectivity index (χ3v) is 5.48. The first-order valence-electron chi connectivity index (χ1n) is 9.75. The number of hydrogen-bond donors (Lipinski definition) is 1. The molecule has 0 saturated carbocycles. The van der Waals surface area contributed by atoms with Crippen molar-refractivity contribution in [2.24, 2.45) is 7.05 Å². The molecular weight excluding hydrogens is 366 g/mol. The highest BCUT2D eigenvalue weighted by Gasteiger charge is 2.28. The van der Waals surface area contributed by atoms with Crippen LogP contribution in [-0.2, 0) is 7.05 Å². The van der Waals surface area contributed by atoms with Crippen LogP contribution >= 0.6 is 0 Å². The zero-order valence-electron chi connectivity index (χ0n) is 16.3. The smallest absolute Gasteiger partial charge is 0.335 e. The summed E-state index contributed by atoms with van der Waals surface area (Å²) in [4.78, 5) is 26.3. The van der Waals surface area contributed by atoms with Crippen LogP contribution in [0.1, 0.15) is 45.2 Å². The molecule has 1 atom stereocenters. The first-order chi connectivity index (χ1) is 14.0. The molecular formula is C23H23N3O3. The molecule has 0 spiro atoms. The second-order valence-corrected chi connectivity index (χ2v) is 7.43. The topological polar surface area (TPSA) is 75.4 Å². The van der Waals surface area contributed by atoms with Crippen LogP contribution in [-0.4, -0.2) is 44.8 Å². The number of nitrogens with zero attached hydrogens (tertiary/aromatic N) is 3. The van der Waals surface area contributed by atoms with Crippen LogP contribution in [0.15, 0.2) is 60.7 Å². The fourth-order valence-electron chi connectivity index (χ4n) is 3.94. The summed E-state index contributed by atoms with van der Waals surface area (Å²) in [5.41, 5.74) is 3.56. The van der Waals surface area contributed by atoms with Crippen molar-refractivity contribution in [2.75, 3.05) is 13.1 Å². The highest BCUT2D eigenvalue weighted by atomic mass is 16.4. The molecule has 4 rings (SSSR count). The van der Waals surface area contributed by atoms with Gasteiger partial charge in [0.2, 0.25) is 0 Å². The maximum absolute atomic E-state index is 13.2. The third kappa shape index (κ3) is 3.92. The van der Waals surface area contributed by atoms with Crippen LogP contribution < -0.4 is 0 Å². The number of hydrogen-bond acceptors (Lipinski definition) is 3. The zero-order chi connectivity index (χ0) is 20.4. The number of benzene rings is 2. The van der Waals surface area contributed by atoms with Crippen molar-refractivity contribution < 1.29 is 14.7 Å². The molecule has 1 aliphatic heterocycles. The average molecular weight is 389 g/mol. The quantitative estimate of drug-likeness (QED) is 0.736. The number of piperidine rings is 1. The molecule has 2 aromatic carbocycles. The second-order valence-electron chi connectivity index (χ2n) is 7.43. The van der Waals surface area contributed by atoms with Crippen molar-refractivity contribution in [3.8, 4) is 11.3 Å². The van der Waals surface area contributed by atoms with E-state index in [0.717, 1.165) is 29.7 Å². The van der Waals surface area contributed by atoms with Gasteiger partial charge in [0.25, 0.3) is 5.91 Å². The first kappa shape index (κ1) is 18.9. The molecule has 1 amide bonds. The van der Waals surface area contributed by atoms with Crippen LogP contribution in [0.5, 0.6) is 0 Å². The van der Waals surface area contributed by atoms with Gasteiger partial charge in [0.15, 0.2) is 0 Å². The van der Waals surface area contributed by atoms with Gasteiger partial charge in [0, 0.05) is 31.6 Å². The highest BCUT2D eigenvalue weighted by molar-refractivity contribution is 5.94. The Hall–Kier alpha value is -3.41. The molecule has 1 aliphatic rings. The van der Waals surface area contributed by atoms with E-state index in [0.29, 0.717) is 18.8 Å². The predicted octanol–water partition coefficient (Wildman–Crippen LogP) is 3.81. The number of rotatable bonds is 4. The van der Waals surface area contributed by atoms with Crippen LogP contribution in [0.2, 0.25) is 0 Å². The van der Waals surface area contributed by atoms with Crippen LogP contribution in [0.3, 0.4) is 0 Å². The van der Waals surface area contributed by atoms with Crippen molar-refractivity contribution in [3.05, 3.63) is 77.5 Å². The molecule has 148 valence electrons. The summed E-state index contributed by atoms with van der Waals surface area (Å²) in [5.74, 6) is -0.839. The van der Waals surface area contributed by atoms with Gasteiger partial charge in [-0.15, -0.1) is 0 Å². The minimum absolute atomic E-state index is 0.0405. The minimum Gasteiger partial charge on any atom is -0.478 e. The van der Waals surface area contributed by atoms with E-state index in [2.05, 4.69) is 5.10 Å². The Kier molecular flexibility index (Phi) is 5.16. The Morgan fingerprint density at radius 1 is 1.07 bits per heavy atom. The summed E-state index contributed by atoms with van der Waals surface area (Å²) in [6.45, 7) is 1.27. The Balaban J connectivity index is 1.54. The number of amides is 1. The lowest BCUT2D eigenvalue weighted by atomic mass is 9.89. The molecule has 2 heterocycles. The van der Waals surface area contributed by atoms with E-state index >= 15 is 0 Å². The van der Waals surface area contributed by atoms with Gasteiger partial charge in [-0.1, -0.05) is 42.5 Å². The van der Waals surface area contributed by atoms with E-state index < -0.39 is 5.97 Å². The van der Waals surface area contributed by atoms with Gasteiger partial charge in [-0.3, -0.25) is 9.48 Å². The molecule has 0 aliphatic carbocycles. The standard InChI is InChI=1S/C23H23N3O3/c1-25-21(14-20(24-25)16-7-3-2-4-8-16)22(27)26-12-6-11-19(15-26)17-9-5-10-18(13-17)23(28)29/h2-5,7-10,13-14,19H,6,11-12,15H2,1H3,(H,28,29)/t19-/m1/s1. The van der Waals surface area contributed by atoms with Crippen molar-refractivity contribution in [1.29, 1.82) is 0 Å². The van der Waals surface area contributed by atoms with Crippen molar-refractivity contribution in [1.82, 2.24) is 14.7 Å². The van der Waals surface area contributed by atoms with Crippen LogP contribution in [0, 0.1) is 0 Å². The number of aryl methyl sites for hydroxylation is 1. The SMILES string of the molecule is Cn1nc(-c2ccccc2)cc1C(=O)N1CCC[C@@H](c2cccc(C(=O)O)c2)C1. The average Bonchev–Trinajstić information content (AvgIpc) is 3.15. The lowest BCUT2D eigenvalue weighted by molar-refractivity contribution is 0.0683. The van der Waals surface area contributed by atoms with Gasteiger partial charge in [-0.05, 0) is 36.6 Å². The Morgan fingerprint density at radius 3 is 2.62 bits per heavy atom. The van der Waals surface area contributed by atoms with Crippen LogP contribution in [0.4, 0.5) is 0 Å². The summed E-state index contributed by atoms with van der Waals surface area (Å²) >= 11 is 0. The van der Waals surface area contributed by atoms with Gasteiger partial charge in [-0.2, -0.15) is 5.10 Å². The zero-order valence-corrected chi connectivity index (χ0v) is 16.3. The number of carbonyl (C=O) groups is 2. The molecule has 29 heavy (non-hydrogen) atoms. The molecule has 0 unspecified atom stereocenters. The van der Waals surface area contributed by atoms with E-state index in [1.165, 1.54) is 0 Å².